The van der Waals surface area contributed by atoms with E-state index in [0.717, 1.165) is 16.9 Å². The molecule has 2 fully saturated rings. The Morgan fingerprint density at radius 2 is 2.25 bits per heavy atom. The molecule has 0 aromatic carbocycles. The van der Waals surface area contributed by atoms with E-state index < -0.39 is 0 Å². The van der Waals surface area contributed by atoms with Crippen LogP contribution in [0.5, 0.6) is 0 Å². The Balaban J connectivity index is 1.79. The number of nitrogens with zero attached hydrogens (tertiary/aromatic N) is 3. The Labute approximate surface area is 109 Å². The van der Waals surface area contributed by atoms with Crippen LogP contribution in [0.4, 0.5) is 0 Å². The van der Waals surface area contributed by atoms with Crippen molar-refractivity contribution in [2.75, 3.05) is 19.8 Å². The molecular formula is C11H16IN3O. The molecule has 2 saturated heterocycles. The molecule has 1 atom stereocenters. The van der Waals surface area contributed by atoms with Crippen LogP contribution in [0.25, 0.3) is 0 Å². The lowest BCUT2D eigenvalue weighted by molar-refractivity contribution is -0.101. The van der Waals surface area contributed by atoms with Crippen LogP contribution >= 0.6 is 22.6 Å². The minimum atomic E-state index is 0.499. The highest BCUT2D eigenvalue weighted by atomic mass is 127. The van der Waals surface area contributed by atoms with E-state index in [9.17, 15) is 0 Å². The quantitative estimate of drug-likeness (QED) is 0.774. The van der Waals surface area contributed by atoms with E-state index >= 15 is 0 Å². The first-order valence-electron chi connectivity index (χ1n) is 5.87. The Kier molecular flexibility index (Phi) is 3.17. The van der Waals surface area contributed by atoms with Gasteiger partial charge >= 0.3 is 0 Å². The fraction of sp³-hybridized carbons (Fsp3) is 0.727. The molecule has 0 saturated carbocycles. The predicted octanol–water partition coefficient (Wildman–Crippen LogP) is 1.87. The van der Waals surface area contributed by atoms with Gasteiger partial charge in [0.1, 0.15) is 3.70 Å². The van der Waals surface area contributed by atoms with Gasteiger partial charge in [-0.1, -0.05) is 0 Å². The molecule has 0 N–H and O–H groups in total. The fourth-order valence-electron chi connectivity index (χ4n) is 2.57. The molecule has 0 spiro atoms. The molecule has 5 heteroatoms. The summed E-state index contributed by atoms with van der Waals surface area (Å²) in [6.45, 7) is 3.01. The van der Waals surface area contributed by atoms with Crippen molar-refractivity contribution in [3.63, 3.8) is 0 Å². The molecule has 0 bridgehead atoms. The molecule has 3 heterocycles. The first-order valence-corrected chi connectivity index (χ1v) is 6.95. The number of likely N-dealkylation sites (tertiary alicyclic amines) is 1. The number of halogens is 1. The van der Waals surface area contributed by atoms with E-state index in [0.29, 0.717) is 12.2 Å². The van der Waals surface area contributed by atoms with Crippen molar-refractivity contribution in [3.05, 3.63) is 16.2 Å². The molecule has 0 aliphatic carbocycles. The third-order valence-corrected chi connectivity index (χ3v) is 4.07. The van der Waals surface area contributed by atoms with Crippen molar-refractivity contribution in [3.8, 4) is 0 Å². The van der Waals surface area contributed by atoms with E-state index in [1.165, 1.54) is 25.8 Å². The van der Waals surface area contributed by atoms with Crippen LogP contribution in [0.2, 0.25) is 0 Å². The van der Waals surface area contributed by atoms with Crippen molar-refractivity contribution in [2.45, 2.75) is 31.5 Å². The average Bonchev–Trinajstić information content (AvgIpc) is 2.63. The van der Waals surface area contributed by atoms with Crippen LogP contribution in [0, 0.1) is 3.70 Å². The molecular weight excluding hydrogens is 317 g/mol. The van der Waals surface area contributed by atoms with E-state index in [4.69, 9.17) is 4.74 Å². The first-order chi connectivity index (χ1) is 7.84. The van der Waals surface area contributed by atoms with Gasteiger partial charge in [-0.05, 0) is 41.9 Å². The Morgan fingerprint density at radius 3 is 2.88 bits per heavy atom. The highest BCUT2D eigenvalue weighted by Gasteiger charge is 2.33. The monoisotopic (exact) mass is 333 g/mol. The molecule has 0 amide bonds. The zero-order valence-corrected chi connectivity index (χ0v) is 11.3. The summed E-state index contributed by atoms with van der Waals surface area (Å²) in [5.41, 5.74) is 0. The molecule has 1 unspecified atom stereocenters. The number of hydrogen-bond donors (Lipinski definition) is 0. The lowest BCUT2D eigenvalue weighted by atomic mass is 10.0. The van der Waals surface area contributed by atoms with Gasteiger partial charge in [0.15, 0.2) is 0 Å². The molecule has 16 heavy (non-hydrogen) atoms. The van der Waals surface area contributed by atoms with Crippen molar-refractivity contribution >= 4 is 22.6 Å². The summed E-state index contributed by atoms with van der Waals surface area (Å²) in [5, 5.41) is 0. The standard InChI is InChI=1S/C11H16IN3O/c12-10-5-14(8-13-10)11-3-1-2-4-15(11)9-6-16-7-9/h5,8-9,11H,1-4,6-7H2. The van der Waals surface area contributed by atoms with Crippen molar-refractivity contribution in [1.29, 1.82) is 0 Å². The SMILES string of the molecule is Ic1cn(C2CCCCN2C2COC2)cn1. The number of piperidine rings is 1. The van der Waals surface area contributed by atoms with Gasteiger partial charge in [-0.25, -0.2) is 4.98 Å². The number of ether oxygens (including phenoxy) is 1. The maximum absolute atomic E-state index is 5.31. The lowest BCUT2D eigenvalue weighted by Crippen LogP contribution is -2.53. The largest absolute Gasteiger partial charge is 0.378 e. The number of hydrogen-bond acceptors (Lipinski definition) is 3. The smallest absolute Gasteiger partial charge is 0.119 e. The summed E-state index contributed by atoms with van der Waals surface area (Å²) in [4.78, 5) is 6.91. The number of rotatable bonds is 2. The van der Waals surface area contributed by atoms with Crippen LogP contribution in [-0.2, 0) is 4.74 Å². The molecule has 88 valence electrons. The maximum Gasteiger partial charge on any atom is 0.119 e. The zero-order chi connectivity index (χ0) is 11.0. The zero-order valence-electron chi connectivity index (χ0n) is 9.18. The van der Waals surface area contributed by atoms with Crippen LogP contribution in [-0.4, -0.2) is 40.3 Å². The maximum atomic E-state index is 5.31. The fourth-order valence-corrected chi connectivity index (χ4v) is 3.02. The van der Waals surface area contributed by atoms with Crippen molar-refractivity contribution < 1.29 is 4.74 Å². The second-order valence-corrected chi connectivity index (χ2v) is 5.65. The van der Waals surface area contributed by atoms with Gasteiger partial charge in [0.25, 0.3) is 0 Å². The molecule has 1 aromatic heterocycles. The molecule has 1 aromatic rings. The van der Waals surface area contributed by atoms with Gasteiger partial charge < -0.3 is 9.30 Å². The van der Waals surface area contributed by atoms with Gasteiger partial charge in [0.2, 0.25) is 0 Å². The molecule has 2 aliphatic heterocycles. The third kappa shape index (κ3) is 2.00. The van der Waals surface area contributed by atoms with Gasteiger partial charge in [-0.3, -0.25) is 4.90 Å². The third-order valence-electron chi connectivity index (χ3n) is 3.52. The van der Waals surface area contributed by atoms with E-state index in [2.05, 4.69) is 43.2 Å². The highest BCUT2D eigenvalue weighted by Crippen LogP contribution is 2.30. The lowest BCUT2D eigenvalue weighted by Gasteiger charge is -2.44. The van der Waals surface area contributed by atoms with Gasteiger partial charge in [0, 0.05) is 12.7 Å². The summed E-state index contributed by atoms with van der Waals surface area (Å²) < 4.78 is 8.65. The summed E-state index contributed by atoms with van der Waals surface area (Å²) in [6, 6.07) is 0.630. The van der Waals surface area contributed by atoms with E-state index in [1.54, 1.807) is 0 Å². The van der Waals surface area contributed by atoms with Crippen LogP contribution in [0.15, 0.2) is 12.5 Å². The normalized spacial score (nSPS) is 27.9. The second kappa shape index (κ2) is 4.62. The first kappa shape index (κ1) is 11.0. The van der Waals surface area contributed by atoms with E-state index in [1.807, 2.05) is 6.33 Å². The Hall–Kier alpha value is -0.140. The average molecular weight is 333 g/mol. The Morgan fingerprint density at radius 1 is 1.38 bits per heavy atom. The van der Waals surface area contributed by atoms with E-state index in [-0.39, 0.29) is 0 Å². The van der Waals surface area contributed by atoms with Gasteiger partial charge in [0.05, 0.1) is 31.7 Å². The summed E-state index contributed by atoms with van der Waals surface area (Å²) >= 11 is 2.27. The number of imidazole rings is 1. The minimum absolute atomic E-state index is 0.499. The van der Waals surface area contributed by atoms with Gasteiger partial charge in [-0.15, -0.1) is 0 Å². The Bertz CT molecular complexity index is 364. The molecule has 4 nitrogen and oxygen atoms in total. The summed E-state index contributed by atoms with van der Waals surface area (Å²) in [7, 11) is 0. The molecule has 3 rings (SSSR count). The summed E-state index contributed by atoms with van der Waals surface area (Å²) in [6.07, 6.45) is 8.48. The minimum Gasteiger partial charge on any atom is -0.378 e. The second-order valence-electron chi connectivity index (χ2n) is 4.55. The van der Waals surface area contributed by atoms with Crippen molar-refractivity contribution in [1.82, 2.24) is 14.5 Å². The van der Waals surface area contributed by atoms with Crippen molar-refractivity contribution in [2.24, 2.45) is 0 Å². The van der Waals surface area contributed by atoms with Crippen LogP contribution in [0.3, 0.4) is 0 Å². The van der Waals surface area contributed by atoms with Crippen LogP contribution in [0.1, 0.15) is 25.4 Å². The van der Waals surface area contributed by atoms with Crippen LogP contribution < -0.4 is 0 Å². The predicted molar refractivity (Wildman–Crippen MR) is 69.1 cm³/mol. The summed E-state index contributed by atoms with van der Waals surface area (Å²) in [5.74, 6) is 0. The molecule has 0 radical (unpaired) electrons. The highest BCUT2D eigenvalue weighted by molar-refractivity contribution is 14.1. The molecule has 2 aliphatic rings. The topological polar surface area (TPSA) is 30.3 Å². The number of aromatic nitrogens is 2. The van der Waals surface area contributed by atoms with Gasteiger partial charge in [-0.2, -0.15) is 0 Å².